The van der Waals surface area contributed by atoms with Gasteiger partial charge in [-0.05, 0) is 43.9 Å². The predicted octanol–water partition coefficient (Wildman–Crippen LogP) is 5.89. The maximum absolute atomic E-state index is 14.3. The van der Waals surface area contributed by atoms with E-state index in [1.54, 1.807) is 19.2 Å². The fourth-order valence-electron chi connectivity index (χ4n) is 3.51. The van der Waals surface area contributed by atoms with Crippen molar-refractivity contribution in [1.29, 1.82) is 0 Å². The zero-order chi connectivity index (χ0) is 19.5. The molecule has 1 aromatic heterocycles. The van der Waals surface area contributed by atoms with Crippen molar-refractivity contribution < 1.29 is 13.9 Å². The van der Waals surface area contributed by atoms with E-state index in [9.17, 15) is 4.39 Å². The minimum absolute atomic E-state index is 0.0475. The summed E-state index contributed by atoms with van der Waals surface area (Å²) in [5.74, 6) is 1.22. The number of halogens is 2. The summed E-state index contributed by atoms with van der Waals surface area (Å²) in [5, 5.41) is 3.78. The molecule has 5 nitrogen and oxygen atoms in total. The Kier molecular flexibility index (Phi) is 5.48. The van der Waals surface area contributed by atoms with Gasteiger partial charge in [0, 0.05) is 11.5 Å². The van der Waals surface area contributed by atoms with E-state index in [2.05, 4.69) is 15.3 Å². The molecular weight excluding hydrogens is 381 g/mol. The van der Waals surface area contributed by atoms with Crippen molar-refractivity contribution in [3.8, 4) is 11.5 Å². The molecule has 0 aliphatic heterocycles. The van der Waals surface area contributed by atoms with Gasteiger partial charge in [0.2, 0.25) is 0 Å². The largest absolute Gasteiger partial charge is 0.493 e. The number of methoxy groups -OCH3 is 1. The van der Waals surface area contributed by atoms with Crippen LogP contribution in [-0.4, -0.2) is 23.2 Å². The normalized spacial score (nSPS) is 14.8. The number of nitrogens with one attached hydrogen (secondary N) is 1. The third-order valence-electron chi connectivity index (χ3n) is 4.97. The van der Waals surface area contributed by atoms with Crippen LogP contribution in [-0.2, 0) is 0 Å². The number of benzene rings is 2. The zero-order valence-electron chi connectivity index (χ0n) is 15.5. The van der Waals surface area contributed by atoms with Crippen LogP contribution in [0.15, 0.2) is 36.7 Å². The van der Waals surface area contributed by atoms with Gasteiger partial charge in [0.05, 0.1) is 29.4 Å². The third kappa shape index (κ3) is 3.83. The molecule has 0 unspecified atom stereocenters. The molecule has 0 radical (unpaired) electrons. The molecule has 7 heteroatoms. The van der Waals surface area contributed by atoms with E-state index in [-0.39, 0.29) is 16.8 Å². The van der Waals surface area contributed by atoms with Crippen LogP contribution in [0.3, 0.4) is 0 Å². The molecule has 1 saturated carbocycles. The molecule has 3 aromatic rings. The first-order valence-corrected chi connectivity index (χ1v) is 9.74. The molecule has 0 spiro atoms. The van der Waals surface area contributed by atoms with E-state index in [0.717, 1.165) is 12.8 Å². The second-order valence-electron chi connectivity index (χ2n) is 6.85. The van der Waals surface area contributed by atoms with Crippen LogP contribution >= 0.6 is 11.6 Å². The molecule has 1 heterocycles. The second kappa shape index (κ2) is 8.19. The predicted molar refractivity (Wildman–Crippen MR) is 108 cm³/mol. The lowest BCUT2D eigenvalue weighted by Gasteiger charge is -2.24. The van der Waals surface area contributed by atoms with Gasteiger partial charge in [-0.1, -0.05) is 24.1 Å². The lowest BCUT2D eigenvalue weighted by molar-refractivity contribution is 0.150. The van der Waals surface area contributed by atoms with Crippen LogP contribution in [0.25, 0.3) is 10.9 Å². The van der Waals surface area contributed by atoms with Gasteiger partial charge >= 0.3 is 0 Å². The van der Waals surface area contributed by atoms with Crippen molar-refractivity contribution in [2.45, 2.75) is 38.2 Å². The zero-order valence-corrected chi connectivity index (χ0v) is 16.3. The van der Waals surface area contributed by atoms with Gasteiger partial charge in [-0.25, -0.2) is 14.4 Å². The topological polar surface area (TPSA) is 56.3 Å². The Labute approximate surface area is 167 Å². The maximum Gasteiger partial charge on any atom is 0.165 e. The summed E-state index contributed by atoms with van der Waals surface area (Å²) < 4.78 is 26.0. The van der Waals surface area contributed by atoms with Crippen LogP contribution in [0.2, 0.25) is 5.02 Å². The molecule has 1 aliphatic carbocycles. The van der Waals surface area contributed by atoms with Crippen molar-refractivity contribution in [2.24, 2.45) is 0 Å². The van der Waals surface area contributed by atoms with Crippen molar-refractivity contribution in [3.63, 3.8) is 0 Å². The standard InChI is InChI=1S/C21H21ClFN3O2/c1-27-18-11-17-14(10-19(18)28-13-6-3-2-4-7-13)21(25-12-24-17)26-16-9-5-8-15(22)20(16)23/h5,8-13H,2-4,6-7H2,1H3,(H,24,25,26). The fourth-order valence-corrected chi connectivity index (χ4v) is 3.68. The summed E-state index contributed by atoms with van der Waals surface area (Å²) in [7, 11) is 1.61. The second-order valence-corrected chi connectivity index (χ2v) is 7.25. The molecule has 28 heavy (non-hydrogen) atoms. The quantitative estimate of drug-likeness (QED) is 0.578. The number of ether oxygens (including phenoxy) is 2. The minimum atomic E-state index is -0.525. The Morgan fingerprint density at radius 3 is 2.71 bits per heavy atom. The van der Waals surface area contributed by atoms with Crippen molar-refractivity contribution in [1.82, 2.24) is 9.97 Å². The summed E-state index contributed by atoms with van der Waals surface area (Å²) in [6.07, 6.45) is 7.26. The van der Waals surface area contributed by atoms with Crippen LogP contribution < -0.4 is 14.8 Å². The molecule has 1 N–H and O–H groups in total. The van der Waals surface area contributed by atoms with Gasteiger partial charge in [0.1, 0.15) is 12.1 Å². The lowest BCUT2D eigenvalue weighted by atomic mass is 9.98. The van der Waals surface area contributed by atoms with Gasteiger partial charge in [-0.3, -0.25) is 0 Å². The van der Waals surface area contributed by atoms with Gasteiger partial charge in [0.25, 0.3) is 0 Å². The molecule has 1 aliphatic rings. The average molecular weight is 402 g/mol. The molecule has 0 saturated heterocycles. The van der Waals surface area contributed by atoms with Crippen molar-refractivity contribution >= 4 is 34.0 Å². The van der Waals surface area contributed by atoms with Crippen LogP contribution in [0.4, 0.5) is 15.9 Å². The average Bonchev–Trinajstić information content (AvgIpc) is 2.72. The highest BCUT2D eigenvalue weighted by atomic mass is 35.5. The molecule has 4 rings (SSSR count). The Morgan fingerprint density at radius 2 is 1.93 bits per heavy atom. The van der Waals surface area contributed by atoms with E-state index in [1.165, 1.54) is 31.7 Å². The van der Waals surface area contributed by atoms with E-state index >= 15 is 0 Å². The molecule has 0 atom stereocenters. The first kappa shape index (κ1) is 18.7. The Balaban J connectivity index is 1.73. The van der Waals surface area contributed by atoms with Gasteiger partial charge < -0.3 is 14.8 Å². The van der Waals surface area contributed by atoms with Crippen LogP contribution in [0.1, 0.15) is 32.1 Å². The first-order valence-electron chi connectivity index (χ1n) is 9.36. The Bertz CT molecular complexity index is 993. The molecule has 146 valence electrons. The Hall–Kier alpha value is -2.60. The van der Waals surface area contributed by atoms with Crippen LogP contribution in [0.5, 0.6) is 11.5 Å². The summed E-state index contributed by atoms with van der Waals surface area (Å²) in [4.78, 5) is 8.60. The number of anilines is 2. The van der Waals surface area contributed by atoms with Gasteiger partial charge in [-0.15, -0.1) is 0 Å². The highest BCUT2D eigenvalue weighted by molar-refractivity contribution is 6.31. The smallest absolute Gasteiger partial charge is 0.165 e. The van der Waals surface area contributed by atoms with Gasteiger partial charge in [0.15, 0.2) is 17.3 Å². The summed E-state index contributed by atoms with van der Waals surface area (Å²) in [6.45, 7) is 0. The van der Waals surface area contributed by atoms with E-state index in [0.29, 0.717) is 28.2 Å². The monoisotopic (exact) mass is 401 g/mol. The number of rotatable bonds is 5. The highest BCUT2D eigenvalue weighted by Crippen LogP contribution is 2.37. The molecule has 0 bridgehead atoms. The SMILES string of the molecule is COc1cc2ncnc(Nc3cccc(Cl)c3F)c2cc1OC1CCCCC1. The number of hydrogen-bond acceptors (Lipinski definition) is 5. The van der Waals surface area contributed by atoms with Crippen LogP contribution in [0, 0.1) is 5.82 Å². The molecule has 0 amide bonds. The van der Waals surface area contributed by atoms with Crippen molar-refractivity contribution in [3.05, 3.63) is 47.5 Å². The number of nitrogens with zero attached hydrogens (tertiary/aromatic N) is 2. The van der Waals surface area contributed by atoms with E-state index in [4.69, 9.17) is 21.1 Å². The summed E-state index contributed by atoms with van der Waals surface area (Å²) in [5.41, 5.74) is 0.922. The summed E-state index contributed by atoms with van der Waals surface area (Å²) in [6, 6.07) is 8.46. The first-order chi connectivity index (χ1) is 13.7. The third-order valence-corrected chi connectivity index (χ3v) is 5.26. The molecular formula is C21H21ClFN3O2. The minimum Gasteiger partial charge on any atom is -0.493 e. The van der Waals surface area contributed by atoms with E-state index in [1.807, 2.05) is 12.1 Å². The summed E-state index contributed by atoms with van der Waals surface area (Å²) >= 11 is 5.89. The van der Waals surface area contributed by atoms with Crippen molar-refractivity contribution in [2.75, 3.05) is 12.4 Å². The van der Waals surface area contributed by atoms with Gasteiger partial charge in [-0.2, -0.15) is 0 Å². The maximum atomic E-state index is 14.3. The number of hydrogen-bond donors (Lipinski definition) is 1. The number of fused-ring (bicyclic) bond motifs is 1. The molecule has 2 aromatic carbocycles. The highest BCUT2D eigenvalue weighted by Gasteiger charge is 2.19. The molecule has 1 fully saturated rings. The van der Waals surface area contributed by atoms with E-state index < -0.39 is 5.82 Å². The fraction of sp³-hybridized carbons (Fsp3) is 0.333. The number of aromatic nitrogens is 2. The Morgan fingerprint density at radius 1 is 1.11 bits per heavy atom. The lowest BCUT2D eigenvalue weighted by Crippen LogP contribution is -2.19.